The van der Waals surface area contributed by atoms with Gasteiger partial charge in [0.1, 0.15) is 5.70 Å². The number of carbonyl (C=O) groups is 2. The Morgan fingerprint density at radius 3 is 2.16 bits per heavy atom. The third-order valence-corrected chi connectivity index (χ3v) is 6.03. The highest BCUT2D eigenvalue weighted by atomic mass is 35.5. The highest BCUT2D eigenvalue weighted by Crippen LogP contribution is 2.40. The molecule has 4 rings (SSSR count). The van der Waals surface area contributed by atoms with E-state index in [1.54, 1.807) is 18.2 Å². The first-order chi connectivity index (χ1) is 14.9. The van der Waals surface area contributed by atoms with Gasteiger partial charge in [0.25, 0.3) is 11.8 Å². The molecule has 6 heteroatoms. The van der Waals surface area contributed by atoms with Crippen molar-refractivity contribution >= 4 is 52.0 Å². The van der Waals surface area contributed by atoms with Gasteiger partial charge in [-0.1, -0.05) is 77.3 Å². The van der Waals surface area contributed by atoms with Crippen LogP contribution in [0.15, 0.2) is 78.5 Å². The maximum atomic E-state index is 13.7. The van der Waals surface area contributed by atoms with Gasteiger partial charge in [-0.2, -0.15) is 0 Å². The van der Waals surface area contributed by atoms with E-state index in [1.807, 2.05) is 73.3 Å². The molecular formula is C25H20Cl2N2O2. The van der Waals surface area contributed by atoms with Gasteiger partial charge in [-0.25, -0.2) is 4.90 Å². The lowest BCUT2D eigenvalue weighted by Gasteiger charge is -2.25. The molecule has 0 spiro atoms. The van der Waals surface area contributed by atoms with Crippen molar-refractivity contribution < 1.29 is 9.59 Å². The van der Waals surface area contributed by atoms with Crippen LogP contribution >= 0.6 is 23.2 Å². The number of rotatable bonds is 5. The van der Waals surface area contributed by atoms with Crippen molar-refractivity contribution in [3.05, 3.63) is 99.7 Å². The number of hydrogen-bond acceptors (Lipinski definition) is 3. The fourth-order valence-corrected chi connectivity index (χ4v) is 4.09. The van der Waals surface area contributed by atoms with Gasteiger partial charge in [-0.05, 0) is 43.7 Å². The SMILES string of the molecule is CCN(C1=C(c2ccc(C)cc2)C(=O)N(c2cccc(Cl)c2Cl)C1=O)c1ccccc1. The Morgan fingerprint density at radius 2 is 1.52 bits per heavy atom. The van der Waals surface area contributed by atoms with Gasteiger partial charge in [-0.15, -0.1) is 0 Å². The fraction of sp³-hybridized carbons (Fsp3) is 0.120. The molecule has 0 aromatic heterocycles. The summed E-state index contributed by atoms with van der Waals surface area (Å²) in [7, 11) is 0. The number of carbonyl (C=O) groups excluding carboxylic acids is 2. The van der Waals surface area contributed by atoms with Gasteiger partial charge in [-0.3, -0.25) is 9.59 Å². The second-order valence-corrected chi connectivity index (χ2v) is 7.97. The Labute approximate surface area is 191 Å². The van der Waals surface area contributed by atoms with Crippen LogP contribution in [0.2, 0.25) is 10.0 Å². The number of hydrogen-bond donors (Lipinski definition) is 0. The minimum Gasteiger partial charge on any atom is -0.337 e. The molecule has 0 N–H and O–H groups in total. The highest BCUT2D eigenvalue weighted by molar-refractivity contribution is 6.50. The van der Waals surface area contributed by atoms with Crippen molar-refractivity contribution in [1.29, 1.82) is 0 Å². The maximum Gasteiger partial charge on any atom is 0.282 e. The molecule has 1 aliphatic rings. The Morgan fingerprint density at radius 1 is 0.839 bits per heavy atom. The smallest absolute Gasteiger partial charge is 0.282 e. The van der Waals surface area contributed by atoms with E-state index in [0.29, 0.717) is 23.4 Å². The van der Waals surface area contributed by atoms with E-state index in [-0.39, 0.29) is 15.7 Å². The van der Waals surface area contributed by atoms with Gasteiger partial charge >= 0.3 is 0 Å². The first-order valence-corrected chi connectivity index (χ1v) is 10.7. The summed E-state index contributed by atoms with van der Waals surface area (Å²) in [6.45, 7) is 4.42. The molecule has 0 aliphatic carbocycles. The second kappa shape index (κ2) is 8.58. The largest absolute Gasteiger partial charge is 0.337 e. The predicted octanol–water partition coefficient (Wildman–Crippen LogP) is 6.11. The summed E-state index contributed by atoms with van der Waals surface area (Å²) in [4.78, 5) is 30.3. The van der Waals surface area contributed by atoms with Gasteiger partial charge in [0.05, 0.1) is 21.3 Å². The molecule has 0 radical (unpaired) electrons. The molecule has 156 valence electrons. The zero-order valence-corrected chi connectivity index (χ0v) is 18.6. The summed E-state index contributed by atoms with van der Waals surface area (Å²) in [6.07, 6.45) is 0. The number of imide groups is 1. The summed E-state index contributed by atoms with van der Waals surface area (Å²) in [5, 5.41) is 0.443. The standard InChI is InChI=1S/C25H20Cl2N2O2/c1-3-28(18-8-5-4-6-9-18)23-21(17-14-12-16(2)13-15-17)24(30)29(25(23)31)20-11-7-10-19(26)22(20)27/h4-15H,3H2,1-2H3. The number of amides is 2. The number of benzene rings is 3. The molecule has 0 bridgehead atoms. The van der Waals surface area contributed by atoms with Crippen LogP contribution < -0.4 is 9.80 Å². The topological polar surface area (TPSA) is 40.6 Å². The fourth-order valence-electron chi connectivity index (χ4n) is 3.71. The molecule has 1 heterocycles. The summed E-state index contributed by atoms with van der Waals surface area (Å²) in [6, 6.07) is 22.0. The monoisotopic (exact) mass is 450 g/mol. The molecule has 3 aromatic rings. The van der Waals surface area contributed by atoms with Crippen LogP contribution in [0.4, 0.5) is 11.4 Å². The quantitative estimate of drug-likeness (QED) is 0.440. The van der Waals surface area contributed by atoms with Crippen molar-refractivity contribution in [2.75, 3.05) is 16.3 Å². The first kappa shape index (κ1) is 21.2. The molecule has 0 saturated heterocycles. The van der Waals surface area contributed by atoms with Crippen molar-refractivity contribution in [3.8, 4) is 0 Å². The summed E-state index contributed by atoms with van der Waals surface area (Å²) in [5.41, 5.74) is 3.49. The van der Waals surface area contributed by atoms with Gasteiger partial charge in [0.2, 0.25) is 0 Å². The normalized spacial score (nSPS) is 13.9. The zero-order chi connectivity index (χ0) is 22.1. The number of aryl methyl sites for hydroxylation is 1. The van der Waals surface area contributed by atoms with Gasteiger partial charge in [0.15, 0.2) is 0 Å². The lowest BCUT2D eigenvalue weighted by Crippen LogP contribution is -2.35. The first-order valence-electron chi connectivity index (χ1n) is 9.90. The van der Waals surface area contributed by atoms with Crippen molar-refractivity contribution in [3.63, 3.8) is 0 Å². The minimum absolute atomic E-state index is 0.165. The number of anilines is 2. The van der Waals surface area contributed by atoms with E-state index >= 15 is 0 Å². The molecule has 0 atom stereocenters. The summed E-state index contributed by atoms with van der Waals surface area (Å²) >= 11 is 12.6. The lowest BCUT2D eigenvalue weighted by molar-refractivity contribution is -0.120. The van der Waals surface area contributed by atoms with Gasteiger partial charge < -0.3 is 4.90 Å². The lowest BCUT2D eigenvalue weighted by atomic mass is 10.0. The second-order valence-electron chi connectivity index (χ2n) is 7.19. The predicted molar refractivity (Wildman–Crippen MR) is 127 cm³/mol. The maximum absolute atomic E-state index is 13.7. The highest BCUT2D eigenvalue weighted by Gasteiger charge is 2.43. The van der Waals surface area contributed by atoms with E-state index < -0.39 is 11.8 Å². The van der Waals surface area contributed by atoms with E-state index in [2.05, 4.69) is 0 Å². The Hall–Kier alpha value is -3.08. The number of nitrogens with zero attached hydrogens (tertiary/aromatic N) is 2. The van der Waals surface area contributed by atoms with Crippen molar-refractivity contribution in [1.82, 2.24) is 0 Å². The molecule has 0 saturated carbocycles. The van der Waals surface area contributed by atoms with Crippen LogP contribution in [0.1, 0.15) is 18.1 Å². The molecule has 2 amide bonds. The van der Waals surface area contributed by atoms with Crippen LogP contribution in [0.25, 0.3) is 5.57 Å². The van der Waals surface area contributed by atoms with Crippen LogP contribution in [-0.4, -0.2) is 18.4 Å². The van der Waals surface area contributed by atoms with Crippen LogP contribution in [-0.2, 0) is 9.59 Å². The Balaban J connectivity index is 1.93. The number of likely N-dealkylation sites (N-methyl/N-ethyl adjacent to an activating group) is 1. The number of para-hydroxylation sites is 1. The van der Waals surface area contributed by atoms with E-state index in [9.17, 15) is 9.59 Å². The average molecular weight is 451 g/mol. The van der Waals surface area contributed by atoms with Crippen molar-refractivity contribution in [2.45, 2.75) is 13.8 Å². The molecule has 4 nitrogen and oxygen atoms in total. The molecular weight excluding hydrogens is 431 g/mol. The average Bonchev–Trinajstić information content (AvgIpc) is 3.02. The molecule has 0 unspecified atom stereocenters. The third kappa shape index (κ3) is 3.73. The molecule has 3 aromatic carbocycles. The summed E-state index contributed by atoms with van der Waals surface area (Å²) in [5.74, 6) is -0.863. The summed E-state index contributed by atoms with van der Waals surface area (Å²) < 4.78 is 0. The molecule has 1 aliphatic heterocycles. The van der Waals surface area contributed by atoms with Gasteiger partial charge in [0, 0.05) is 12.2 Å². The number of halogens is 2. The minimum atomic E-state index is -0.435. The van der Waals surface area contributed by atoms with E-state index in [4.69, 9.17) is 23.2 Å². The van der Waals surface area contributed by atoms with E-state index in [0.717, 1.165) is 16.2 Å². The molecule has 0 fully saturated rings. The van der Waals surface area contributed by atoms with Crippen LogP contribution in [0, 0.1) is 6.92 Å². The Kier molecular flexibility index (Phi) is 5.86. The zero-order valence-electron chi connectivity index (χ0n) is 17.1. The Bertz CT molecular complexity index is 1190. The van der Waals surface area contributed by atoms with Crippen molar-refractivity contribution in [2.24, 2.45) is 0 Å². The van der Waals surface area contributed by atoms with Crippen LogP contribution in [0.5, 0.6) is 0 Å². The van der Waals surface area contributed by atoms with Crippen LogP contribution in [0.3, 0.4) is 0 Å². The molecule has 31 heavy (non-hydrogen) atoms. The third-order valence-electron chi connectivity index (χ3n) is 5.23. The van der Waals surface area contributed by atoms with E-state index in [1.165, 1.54) is 0 Å².